The molecule has 1 aliphatic heterocycles. The molecule has 1 saturated heterocycles. The highest BCUT2D eigenvalue weighted by Gasteiger charge is 2.58. The molecule has 2 N–H and O–H groups in total. The standard InChI is InChI=1S/C12H20F3N3O3/c1-8(2)17-4-6-18(7-5-17)10(21)16-11(3,9(19)20)12(13,14)15/h8H,4-7H2,1-3H3,(H,16,21)(H,19,20). The summed E-state index contributed by atoms with van der Waals surface area (Å²) in [5, 5.41) is 10.4. The number of nitrogens with zero attached hydrogens (tertiary/aromatic N) is 2. The first kappa shape index (κ1) is 17.5. The highest BCUT2D eigenvalue weighted by molar-refractivity contribution is 5.86. The Morgan fingerprint density at radius 2 is 1.62 bits per heavy atom. The number of aliphatic carboxylic acids is 1. The second-order valence-corrected chi connectivity index (χ2v) is 5.47. The highest BCUT2D eigenvalue weighted by Crippen LogP contribution is 2.30. The fraction of sp³-hybridized carbons (Fsp3) is 0.833. The van der Waals surface area contributed by atoms with Crippen molar-refractivity contribution in [2.45, 2.75) is 38.5 Å². The minimum absolute atomic E-state index is 0.261. The molecular weight excluding hydrogens is 291 g/mol. The number of hydrogen-bond acceptors (Lipinski definition) is 3. The zero-order chi connectivity index (χ0) is 16.4. The van der Waals surface area contributed by atoms with E-state index in [1.807, 2.05) is 13.8 Å². The Kier molecular flexibility index (Phi) is 5.08. The Morgan fingerprint density at radius 1 is 1.14 bits per heavy atom. The van der Waals surface area contributed by atoms with Gasteiger partial charge in [0.05, 0.1) is 0 Å². The van der Waals surface area contributed by atoms with Gasteiger partial charge in [0.25, 0.3) is 0 Å². The van der Waals surface area contributed by atoms with Gasteiger partial charge >= 0.3 is 18.2 Å². The smallest absolute Gasteiger partial charge is 0.422 e. The quantitative estimate of drug-likeness (QED) is 0.819. The molecule has 1 aliphatic rings. The molecule has 0 aromatic rings. The molecule has 0 saturated carbocycles. The molecular formula is C12H20F3N3O3. The third-order valence-electron chi connectivity index (χ3n) is 3.68. The van der Waals surface area contributed by atoms with E-state index in [0.717, 1.165) is 0 Å². The first-order valence-corrected chi connectivity index (χ1v) is 6.60. The van der Waals surface area contributed by atoms with E-state index in [4.69, 9.17) is 5.11 Å². The summed E-state index contributed by atoms with van der Waals surface area (Å²) in [6.07, 6.45) is -5.08. The van der Waals surface area contributed by atoms with Crippen LogP contribution in [0.5, 0.6) is 0 Å². The number of halogens is 3. The number of alkyl halides is 3. The van der Waals surface area contributed by atoms with Gasteiger partial charge in [-0.1, -0.05) is 0 Å². The number of carbonyl (C=O) groups is 2. The Hall–Kier alpha value is -1.51. The lowest BCUT2D eigenvalue weighted by molar-refractivity contribution is -0.203. The van der Waals surface area contributed by atoms with Gasteiger partial charge in [-0.3, -0.25) is 4.90 Å². The second-order valence-electron chi connectivity index (χ2n) is 5.47. The molecule has 122 valence electrons. The van der Waals surface area contributed by atoms with Gasteiger partial charge in [0.2, 0.25) is 5.54 Å². The number of carboxylic acids is 1. The first-order chi connectivity index (χ1) is 9.49. The Labute approximate surface area is 120 Å². The van der Waals surface area contributed by atoms with Gasteiger partial charge in [-0.05, 0) is 20.8 Å². The number of carboxylic acid groups (broad SMARTS) is 1. The fourth-order valence-electron chi connectivity index (χ4n) is 1.98. The van der Waals surface area contributed by atoms with E-state index in [1.165, 1.54) is 4.90 Å². The van der Waals surface area contributed by atoms with Gasteiger partial charge in [-0.2, -0.15) is 13.2 Å². The van der Waals surface area contributed by atoms with Gasteiger partial charge in [-0.25, -0.2) is 9.59 Å². The molecule has 2 amide bonds. The lowest BCUT2D eigenvalue weighted by Crippen LogP contribution is -2.65. The van der Waals surface area contributed by atoms with Crippen LogP contribution in [0.1, 0.15) is 20.8 Å². The molecule has 0 spiro atoms. The number of urea groups is 1. The first-order valence-electron chi connectivity index (χ1n) is 6.60. The zero-order valence-electron chi connectivity index (χ0n) is 12.2. The fourth-order valence-corrected chi connectivity index (χ4v) is 1.98. The van der Waals surface area contributed by atoms with Gasteiger partial charge in [0.15, 0.2) is 0 Å². The van der Waals surface area contributed by atoms with Crippen LogP contribution in [0.4, 0.5) is 18.0 Å². The summed E-state index contributed by atoms with van der Waals surface area (Å²) < 4.78 is 38.5. The Balaban J connectivity index is 2.71. The molecule has 1 heterocycles. The van der Waals surface area contributed by atoms with Crippen molar-refractivity contribution >= 4 is 12.0 Å². The molecule has 9 heteroatoms. The van der Waals surface area contributed by atoms with Crippen molar-refractivity contribution in [3.05, 3.63) is 0 Å². The average molecular weight is 311 g/mol. The summed E-state index contributed by atoms with van der Waals surface area (Å²) in [6.45, 7) is 6.02. The van der Waals surface area contributed by atoms with E-state index in [-0.39, 0.29) is 19.1 Å². The summed E-state index contributed by atoms with van der Waals surface area (Å²) in [7, 11) is 0. The van der Waals surface area contributed by atoms with Crippen LogP contribution in [0, 0.1) is 0 Å². The predicted molar refractivity (Wildman–Crippen MR) is 68.9 cm³/mol. The molecule has 6 nitrogen and oxygen atoms in total. The van der Waals surface area contributed by atoms with Crippen LogP contribution >= 0.6 is 0 Å². The van der Waals surface area contributed by atoms with Crippen LogP contribution in [0.3, 0.4) is 0 Å². The molecule has 1 unspecified atom stereocenters. The SMILES string of the molecule is CC(C)N1CCN(C(=O)NC(C)(C(=O)O)C(F)(F)F)CC1. The van der Waals surface area contributed by atoms with E-state index >= 15 is 0 Å². The minimum Gasteiger partial charge on any atom is -0.479 e. The number of piperazine rings is 1. The van der Waals surface area contributed by atoms with E-state index in [1.54, 1.807) is 5.32 Å². The van der Waals surface area contributed by atoms with Crippen LogP contribution in [-0.2, 0) is 4.79 Å². The number of amides is 2. The molecule has 1 atom stereocenters. The molecule has 0 aliphatic carbocycles. The van der Waals surface area contributed by atoms with E-state index in [2.05, 4.69) is 4.90 Å². The topological polar surface area (TPSA) is 72.9 Å². The van der Waals surface area contributed by atoms with Crippen molar-refractivity contribution in [3.63, 3.8) is 0 Å². The average Bonchev–Trinajstić information content (AvgIpc) is 2.37. The number of rotatable bonds is 3. The Morgan fingerprint density at radius 3 is 1.95 bits per heavy atom. The molecule has 1 fully saturated rings. The maximum Gasteiger partial charge on any atom is 0.422 e. The van der Waals surface area contributed by atoms with Crippen molar-refractivity contribution in [2.75, 3.05) is 26.2 Å². The number of hydrogen-bond donors (Lipinski definition) is 2. The van der Waals surface area contributed by atoms with E-state index < -0.39 is 23.7 Å². The summed E-state index contributed by atoms with van der Waals surface area (Å²) in [5.74, 6) is -2.14. The van der Waals surface area contributed by atoms with Crippen molar-refractivity contribution in [3.8, 4) is 0 Å². The van der Waals surface area contributed by atoms with Gasteiger partial charge in [-0.15, -0.1) is 0 Å². The molecule has 0 bridgehead atoms. The summed E-state index contributed by atoms with van der Waals surface area (Å²) >= 11 is 0. The monoisotopic (exact) mass is 311 g/mol. The van der Waals surface area contributed by atoms with Crippen LogP contribution in [0.25, 0.3) is 0 Å². The van der Waals surface area contributed by atoms with Crippen molar-refractivity contribution < 1.29 is 27.9 Å². The third-order valence-corrected chi connectivity index (χ3v) is 3.68. The summed E-state index contributed by atoms with van der Waals surface area (Å²) in [4.78, 5) is 26.0. The third kappa shape index (κ3) is 3.78. The maximum atomic E-state index is 12.8. The zero-order valence-corrected chi connectivity index (χ0v) is 12.2. The highest BCUT2D eigenvalue weighted by atomic mass is 19.4. The number of carbonyl (C=O) groups excluding carboxylic acids is 1. The van der Waals surface area contributed by atoms with E-state index in [0.29, 0.717) is 20.0 Å². The van der Waals surface area contributed by atoms with Crippen molar-refractivity contribution in [1.82, 2.24) is 15.1 Å². The van der Waals surface area contributed by atoms with Gasteiger partial charge < -0.3 is 15.3 Å². The van der Waals surface area contributed by atoms with Gasteiger partial charge in [0, 0.05) is 32.2 Å². The molecule has 21 heavy (non-hydrogen) atoms. The summed E-state index contributed by atoms with van der Waals surface area (Å²) in [6, 6.07) is -0.727. The number of nitrogens with one attached hydrogen (secondary N) is 1. The summed E-state index contributed by atoms with van der Waals surface area (Å²) in [5.41, 5.74) is -3.29. The van der Waals surface area contributed by atoms with Gasteiger partial charge in [0.1, 0.15) is 0 Å². The molecule has 0 aromatic carbocycles. The van der Waals surface area contributed by atoms with Crippen LogP contribution < -0.4 is 5.32 Å². The van der Waals surface area contributed by atoms with E-state index in [9.17, 15) is 22.8 Å². The van der Waals surface area contributed by atoms with Crippen LogP contribution in [0.2, 0.25) is 0 Å². The van der Waals surface area contributed by atoms with Crippen molar-refractivity contribution in [1.29, 1.82) is 0 Å². The predicted octanol–water partition coefficient (Wildman–Crippen LogP) is 1.13. The van der Waals surface area contributed by atoms with Crippen molar-refractivity contribution in [2.24, 2.45) is 0 Å². The van der Waals surface area contributed by atoms with Crippen LogP contribution in [-0.4, -0.2) is 70.8 Å². The lowest BCUT2D eigenvalue weighted by Gasteiger charge is -2.38. The molecule has 1 rings (SSSR count). The maximum absolute atomic E-state index is 12.8. The lowest BCUT2D eigenvalue weighted by atomic mass is 10.0. The normalized spacial score (nSPS) is 20.2. The second kappa shape index (κ2) is 6.08. The minimum atomic E-state index is -5.08. The Bertz CT molecular complexity index is 406. The molecule has 0 aromatic heterocycles. The largest absolute Gasteiger partial charge is 0.479 e. The van der Waals surface area contributed by atoms with Crippen LogP contribution in [0.15, 0.2) is 0 Å². The molecule has 0 radical (unpaired) electrons.